The smallest absolute Gasteiger partial charge is 0.0515 e. The third-order valence-corrected chi connectivity index (χ3v) is 4.11. The van der Waals surface area contributed by atoms with Gasteiger partial charge in [-0.25, -0.2) is 0 Å². The first kappa shape index (κ1) is 14.8. The second-order valence-corrected chi connectivity index (χ2v) is 5.91. The molecule has 0 amide bonds. The highest BCUT2D eigenvalue weighted by Gasteiger charge is 2.15. The largest absolute Gasteiger partial charge is 0.271 e. The predicted molar refractivity (Wildman–Crippen MR) is 84.4 cm³/mol. The number of rotatable bonds is 4. The van der Waals surface area contributed by atoms with E-state index in [-0.39, 0.29) is 6.04 Å². The molecule has 2 nitrogen and oxygen atoms in total. The van der Waals surface area contributed by atoms with Gasteiger partial charge in [0, 0.05) is 14.5 Å². The molecule has 0 spiro atoms. The molecule has 0 saturated heterocycles. The maximum absolute atomic E-state index is 6.25. The molecular formula is C14H13BrCl2N2. The van der Waals surface area contributed by atoms with Gasteiger partial charge in [-0.15, -0.1) is 0 Å². The molecule has 0 aliphatic carbocycles. The highest BCUT2D eigenvalue weighted by atomic mass is 79.9. The van der Waals surface area contributed by atoms with Gasteiger partial charge in [0.1, 0.15) is 0 Å². The van der Waals surface area contributed by atoms with Crippen molar-refractivity contribution in [1.29, 1.82) is 0 Å². The number of benzene rings is 2. The Morgan fingerprint density at radius 2 is 1.84 bits per heavy atom. The molecule has 0 saturated carbocycles. The minimum Gasteiger partial charge on any atom is -0.271 e. The van der Waals surface area contributed by atoms with E-state index in [1.165, 1.54) is 0 Å². The van der Waals surface area contributed by atoms with Gasteiger partial charge >= 0.3 is 0 Å². The van der Waals surface area contributed by atoms with Crippen LogP contribution in [0.4, 0.5) is 0 Å². The molecule has 2 rings (SSSR count). The van der Waals surface area contributed by atoms with Gasteiger partial charge in [0.05, 0.1) is 6.04 Å². The van der Waals surface area contributed by atoms with Crippen molar-refractivity contribution in [2.45, 2.75) is 12.5 Å². The SMILES string of the molecule is NNC(Cc1ccccc1Cl)c1ccc(Br)cc1Cl. The number of hydrogen-bond donors (Lipinski definition) is 2. The van der Waals surface area contributed by atoms with Crippen LogP contribution in [-0.2, 0) is 6.42 Å². The number of halogens is 3. The predicted octanol–water partition coefficient (Wildman–Crippen LogP) is 4.50. The summed E-state index contributed by atoms with van der Waals surface area (Å²) in [4.78, 5) is 0. The lowest BCUT2D eigenvalue weighted by Gasteiger charge is -2.18. The van der Waals surface area contributed by atoms with Crippen LogP contribution in [0.15, 0.2) is 46.9 Å². The summed E-state index contributed by atoms with van der Waals surface area (Å²) in [6, 6.07) is 13.4. The van der Waals surface area contributed by atoms with Gasteiger partial charge in [-0.1, -0.05) is 63.4 Å². The number of hydrogen-bond acceptors (Lipinski definition) is 2. The first-order chi connectivity index (χ1) is 9.11. The molecule has 0 radical (unpaired) electrons. The van der Waals surface area contributed by atoms with Crippen molar-refractivity contribution in [3.8, 4) is 0 Å². The van der Waals surface area contributed by atoms with Crippen molar-refractivity contribution in [3.05, 3.63) is 68.1 Å². The summed E-state index contributed by atoms with van der Waals surface area (Å²) in [6.07, 6.45) is 0.678. The Morgan fingerprint density at radius 3 is 2.47 bits per heavy atom. The van der Waals surface area contributed by atoms with E-state index >= 15 is 0 Å². The van der Waals surface area contributed by atoms with Crippen LogP contribution >= 0.6 is 39.1 Å². The Morgan fingerprint density at radius 1 is 1.11 bits per heavy atom. The Bertz CT molecular complexity index is 575. The molecule has 5 heteroatoms. The molecule has 100 valence electrons. The molecule has 2 aromatic rings. The minimum absolute atomic E-state index is 0.0829. The number of hydrazine groups is 1. The van der Waals surface area contributed by atoms with Crippen molar-refractivity contribution >= 4 is 39.1 Å². The Labute approximate surface area is 131 Å². The molecular weight excluding hydrogens is 347 g/mol. The first-order valence-electron chi connectivity index (χ1n) is 5.76. The maximum atomic E-state index is 6.25. The van der Waals surface area contributed by atoms with Crippen LogP contribution in [0.25, 0.3) is 0 Å². The van der Waals surface area contributed by atoms with Crippen molar-refractivity contribution < 1.29 is 0 Å². The van der Waals surface area contributed by atoms with E-state index in [4.69, 9.17) is 29.0 Å². The zero-order chi connectivity index (χ0) is 13.8. The second kappa shape index (κ2) is 6.73. The third-order valence-electron chi connectivity index (χ3n) is 2.92. The molecule has 0 aliphatic heterocycles. The molecule has 0 aromatic heterocycles. The topological polar surface area (TPSA) is 38.0 Å². The molecule has 19 heavy (non-hydrogen) atoms. The zero-order valence-electron chi connectivity index (χ0n) is 10.0. The van der Waals surface area contributed by atoms with Crippen molar-refractivity contribution in [2.24, 2.45) is 5.84 Å². The van der Waals surface area contributed by atoms with Crippen LogP contribution in [0.1, 0.15) is 17.2 Å². The first-order valence-corrected chi connectivity index (χ1v) is 7.31. The van der Waals surface area contributed by atoms with Gasteiger partial charge in [-0.05, 0) is 35.7 Å². The lowest BCUT2D eigenvalue weighted by atomic mass is 9.99. The summed E-state index contributed by atoms with van der Waals surface area (Å²) in [7, 11) is 0. The molecule has 0 fully saturated rings. The molecule has 0 heterocycles. The fourth-order valence-electron chi connectivity index (χ4n) is 1.93. The van der Waals surface area contributed by atoms with E-state index in [1.807, 2.05) is 42.5 Å². The van der Waals surface area contributed by atoms with Crippen molar-refractivity contribution in [1.82, 2.24) is 5.43 Å². The van der Waals surface area contributed by atoms with Crippen LogP contribution < -0.4 is 11.3 Å². The average molecular weight is 360 g/mol. The van der Waals surface area contributed by atoms with Crippen LogP contribution in [0.3, 0.4) is 0 Å². The van der Waals surface area contributed by atoms with E-state index in [0.717, 1.165) is 20.6 Å². The maximum Gasteiger partial charge on any atom is 0.0515 e. The van der Waals surface area contributed by atoms with E-state index in [9.17, 15) is 0 Å². The number of nitrogens with two attached hydrogens (primary N) is 1. The Balaban J connectivity index is 2.28. The fraction of sp³-hybridized carbons (Fsp3) is 0.143. The summed E-state index contributed by atoms with van der Waals surface area (Å²) < 4.78 is 0.940. The summed E-state index contributed by atoms with van der Waals surface area (Å²) in [5.41, 5.74) is 4.78. The zero-order valence-corrected chi connectivity index (χ0v) is 13.1. The monoisotopic (exact) mass is 358 g/mol. The highest BCUT2D eigenvalue weighted by molar-refractivity contribution is 9.10. The third kappa shape index (κ3) is 3.71. The highest BCUT2D eigenvalue weighted by Crippen LogP contribution is 2.29. The van der Waals surface area contributed by atoms with Gasteiger partial charge in [0.15, 0.2) is 0 Å². The quantitative estimate of drug-likeness (QED) is 0.622. The van der Waals surface area contributed by atoms with Gasteiger partial charge < -0.3 is 0 Å². The van der Waals surface area contributed by atoms with Crippen LogP contribution in [0.5, 0.6) is 0 Å². The molecule has 0 bridgehead atoms. The standard InChI is InChI=1S/C14H13BrCl2N2/c15-10-5-6-11(13(17)8-10)14(19-18)7-9-3-1-2-4-12(9)16/h1-6,8,14,19H,7,18H2. The van der Waals surface area contributed by atoms with Crippen molar-refractivity contribution in [3.63, 3.8) is 0 Å². The summed E-state index contributed by atoms with van der Waals surface area (Å²) >= 11 is 15.8. The van der Waals surface area contributed by atoms with Crippen LogP contribution in [0, 0.1) is 0 Å². The molecule has 2 aromatic carbocycles. The van der Waals surface area contributed by atoms with Crippen LogP contribution in [0.2, 0.25) is 10.0 Å². The van der Waals surface area contributed by atoms with Gasteiger partial charge in [0.2, 0.25) is 0 Å². The van der Waals surface area contributed by atoms with E-state index in [2.05, 4.69) is 21.4 Å². The van der Waals surface area contributed by atoms with E-state index in [0.29, 0.717) is 11.4 Å². The summed E-state index contributed by atoms with van der Waals surface area (Å²) in [6.45, 7) is 0. The summed E-state index contributed by atoms with van der Waals surface area (Å²) in [5, 5.41) is 1.40. The van der Waals surface area contributed by atoms with Crippen molar-refractivity contribution in [2.75, 3.05) is 0 Å². The lowest BCUT2D eigenvalue weighted by molar-refractivity contribution is 0.552. The van der Waals surface area contributed by atoms with Gasteiger partial charge in [-0.3, -0.25) is 11.3 Å². The van der Waals surface area contributed by atoms with E-state index < -0.39 is 0 Å². The number of nitrogens with one attached hydrogen (secondary N) is 1. The van der Waals surface area contributed by atoms with Gasteiger partial charge in [-0.2, -0.15) is 0 Å². The molecule has 3 N–H and O–H groups in total. The normalized spacial score (nSPS) is 12.4. The fourth-order valence-corrected chi connectivity index (χ4v) is 2.94. The molecule has 1 atom stereocenters. The second-order valence-electron chi connectivity index (χ2n) is 4.18. The lowest BCUT2D eigenvalue weighted by Crippen LogP contribution is -2.29. The average Bonchev–Trinajstić information content (AvgIpc) is 2.39. The summed E-state index contributed by atoms with van der Waals surface area (Å²) in [5.74, 6) is 5.65. The van der Waals surface area contributed by atoms with Crippen LogP contribution in [-0.4, -0.2) is 0 Å². The Hall–Kier alpha value is -0.580. The molecule has 0 aliphatic rings. The Kier molecular flexibility index (Phi) is 5.25. The molecule has 1 unspecified atom stereocenters. The van der Waals surface area contributed by atoms with E-state index in [1.54, 1.807) is 0 Å². The van der Waals surface area contributed by atoms with Gasteiger partial charge in [0.25, 0.3) is 0 Å². The minimum atomic E-state index is -0.0829.